The normalized spacial score (nSPS) is 11.3. The molecule has 0 fully saturated rings. The van der Waals surface area contributed by atoms with Crippen molar-refractivity contribution in [3.8, 4) is 0 Å². The third-order valence-electron chi connectivity index (χ3n) is 3.11. The van der Waals surface area contributed by atoms with E-state index in [9.17, 15) is 9.59 Å². The summed E-state index contributed by atoms with van der Waals surface area (Å²) in [4.78, 5) is 28.5. The number of hydrogen-bond acceptors (Lipinski definition) is 7. The van der Waals surface area contributed by atoms with E-state index in [1.165, 1.54) is 4.31 Å². The van der Waals surface area contributed by atoms with Crippen LogP contribution >= 0.6 is 24.8 Å². The molecule has 26 heavy (non-hydrogen) atoms. The van der Waals surface area contributed by atoms with Gasteiger partial charge < -0.3 is 4.74 Å². The van der Waals surface area contributed by atoms with Gasteiger partial charge in [0.05, 0.1) is 13.0 Å². The number of carbonyl (C=O) groups is 2. The maximum Gasteiger partial charge on any atom is 0.446 e. The van der Waals surface area contributed by atoms with Crippen molar-refractivity contribution in [1.29, 1.82) is 0 Å². The summed E-state index contributed by atoms with van der Waals surface area (Å²) in [7, 11) is 1.58. The Morgan fingerprint density at radius 2 is 1.92 bits per heavy atom. The lowest BCUT2D eigenvalue weighted by Crippen LogP contribution is -2.28. The third-order valence-corrected chi connectivity index (χ3v) is 4.45. The van der Waals surface area contributed by atoms with Crippen LogP contribution in [-0.2, 0) is 20.9 Å². The first-order chi connectivity index (χ1) is 12.5. The minimum Gasteiger partial charge on any atom is -0.466 e. The molecule has 0 aliphatic carbocycles. The summed E-state index contributed by atoms with van der Waals surface area (Å²) in [6.07, 6.45) is 0.183. The Labute approximate surface area is 164 Å². The van der Waals surface area contributed by atoms with E-state index in [0.717, 1.165) is 17.7 Å². The van der Waals surface area contributed by atoms with Gasteiger partial charge in [-0.2, -0.15) is 0 Å². The molecule has 1 amide bonds. The quantitative estimate of drug-likeness (QED) is 0.123. The predicted octanol–water partition coefficient (Wildman–Crippen LogP) is 3.73. The molecule has 0 aliphatic heterocycles. The fraction of sp³-hybridized carbons (Fsp3) is 0.471. The van der Waals surface area contributed by atoms with Crippen LogP contribution < -0.4 is 0 Å². The van der Waals surface area contributed by atoms with E-state index in [1.54, 1.807) is 14.0 Å². The highest BCUT2D eigenvalue weighted by atomic mass is 32.2. The number of oxime groups is 1. The Bertz CT molecular complexity index is 599. The molecule has 1 aromatic carbocycles. The molecule has 1 aromatic rings. The third kappa shape index (κ3) is 9.12. The second-order valence-electron chi connectivity index (χ2n) is 5.20. The van der Waals surface area contributed by atoms with Gasteiger partial charge in [0, 0.05) is 32.3 Å². The van der Waals surface area contributed by atoms with Crippen LogP contribution in [0.1, 0.15) is 32.3 Å². The molecule has 7 nitrogen and oxygen atoms in total. The van der Waals surface area contributed by atoms with Gasteiger partial charge in [0.2, 0.25) is 0 Å². The highest BCUT2D eigenvalue weighted by Crippen LogP contribution is 2.20. The van der Waals surface area contributed by atoms with Crippen LogP contribution in [0.2, 0.25) is 0 Å². The largest absolute Gasteiger partial charge is 0.466 e. The number of benzene rings is 1. The molecule has 0 saturated carbocycles. The van der Waals surface area contributed by atoms with Crippen LogP contribution in [0, 0.1) is 0 Å². The number of amides is 1. The first-order valence-corrected chi connectivity index (χ1v) is 9.47. The van der Waals surface area contributed by atoms with Crippen molar-refractivity contribution in [2.24, 2.45) is 5.16 Å². The molecule has 0 bridgehead atoms. The summed E-state index contributed by atoms with van der Waals surface area (Å²) >= 11 is 5.23. The summed E-state index contributed by atoms with van der Waals surface area (Å²) < 4.78 is 8.17. The molecule has 9 heteroatoms. The number of esters is 1. The molecule has 0 atom stereocenters. The van der Waals surface area contributed by atoms with Crippen LogP contribution in [0.5, 0.6) is 0 Å². The van der Waals surface area contributed by atoms with E-state index in [-0.39, 0.29) is 12.4 Å². The molecule has 144 valence electrons. The van der Waals surface area contributed by atoms with Crippen molar-refractivity contribution < 1.29 is 19.2 Å². The Hall–Kier alpha value is -1.71. The van der Waals surface area contributed by atoms with E-state index in [2.05, 4.69) is 17.8 Å². The summed E-state index contributed by atoms with van der Waals surface area (Å²) in [6.45, 7) is 4.95. The lowest BCUT2D eigenvalue weighted by atomic mass is 10.2. The van der Waals surface area contributed by atoms with Gasteiger partial charge in [-0.15, -0.1) is 12.6 Å². The Balaban J connectivity index is 2.67. The van der Waals surface area contributed by atoms with Crippen LogP contribution in [-0.4, -0.2) is 45.9 Å². The van der Waals surface area contributed by atoms with Crippen molar-refractivity contribution in [2.45, 2.75) is 33.2 Å². The van der Waals surface area contributed by atoms with Gasteiger partial charge in [-0.1, -0.05) is 42.4 Å². The molecule has 0 unspecified atom stereocenters. The number of thiol groups is 1. The van der Waals surface area contributed by atoms with E-state index in [1.807, 2.05) is 41.6 Å². The molecule has 0 spiro atoms. The van der Waals surface area contributed by atoms with Gasteiger partial charge in [-0.3, -0.25) is 9.63 Å². The van der Waals surface area contributed by atoms with E-state index < -0.39 is 6.09 Å². The molecule has 0 N–H and O–H groups in total. The SMILES string of the molecule is CCOC(=O)CCN(Cc1ccccc1)SN(C)C(=O)O/N=C(\S)CC. The van der Waals surface area contributed by atoms with Gasteiger partial charge in [0.15, 0.2) is 0 Å². The average molecular weight is 400 g/mol. The van der Waals surface area contributed by atoms with Gasteiger partial charge in [0.1, 0.15) is 5.04 Å². The fourth-order valence-corrected chi connectivity index (χ4v) is 2.67. The summed E-state index contributed by atoms with van der Waals surface area (Å²) in [5.74, 6) is -0.274. The molecular weight excluding hydrogens is 374 g/mol. The van der Waals surface area contributed by atoms with Gasteiger partial charge in [-0.05, 0) is 18.9 Å². The van der Waals surface area contributed by atoms with Crippen LogP contribution in [0.3, 0.4) is 0 Å². The monoisotopic (exact) mass is 399 g/mol. The van der Waals surface area contributed by atoms with Gasteiger partial charge >= 0.3 is 12.1 Å². The topological polar surface area (TPSA) is 71.4 Å². The Morgan fingerprint density at radius 3 is 2.54 bits per heavy atom. The number of carbonyl (C=O) groups excluding carboxylic acids is 2. The number of rotatable bonds is 10. The van der Waals surface area contributed by atoms with E-state index >= 15 is 0 Å². The van der Waals surface area contributed by atoms with Crippen LogP contribution in [0.4, 0.5) is 4.79 Å². The van der Waals surface area contributed by atoms with Crippen molar-refractivity contribution in [3.63, 3.8) is 0 Å². The molecule has 0 radical (unpaired) electrons. The fourth-order valence-electron chi connectivity index (χ4n) is 1.81. The highest BCUT2D eigenvalue weighted by molar-refractivity contribution is 7.97. The Kier molecular flexibility index (Phi) is 10.8. The number of ether oxygens (including phenoxy) is 1. The molecule has 0 aromatic heterocycles. The van der Waals surface area contributed by atoms with Crippen molar-refractivity contribution in [1.82, 2.24) is 8.61 Å². The zero-order valence-electron chi connectivity index (χ0n) is 15.3. The summed E-state index contributed by atoms with van der Waals surface area (Å²) in [6, 6.07) is 9.78. The van der Waals surface area contributed by atoms with Gasteiger partial charge in [-0.25, -0.2) is 13.4 Å². The predicted molar refractivity (Wildman–Crippen MR) is 107 cm³/mol. The van der Waals surface area contributed by atoms with Crippen molar-refractivity contribution >= 4 is 41.9 Å². The smallest absolute Gasteiger partial charge is 0.446 e. The van der Waals surface area contributed by atoms with Crippen molar-refractivity contribution in [3.05, 3.63) is 35.9 Å². The first kappa shape index (κ1) is 22.3. The second kappa shape index (κ2) is 12.6. The zero-order valence-corrected chi connectivity index (χ0v) is 17.0. The summed E-state index contributed by atoms with van der Waals surface area (Å²) in [5.41, 5.74) is 1.06. The maximum absolute atomic E-state index is 12.0. The standard InChI is InChI=1S/C17H25N3O4S2/c1-4-15(25)18-24-17(22)19(3)26-20(12-11-16(21)23-5-2)13-14-9-7-6-8-10-14/h6-10H,4-5,11-13H2,1-3H3,(H,18,25). The summed E-state index contributed by atoms with van der Waals surface area (Å²) in [5, 5.41) is 4.07. The lowest BCUT2D eigenvalue weighted by molar-refractivity contribution is -0.143. The number of nitrogens with zero attached hydrogens (tertiary/aromatic N) is 3. The second-order valence-corrected chi connectivity index (χ2v) is 6.95. The maximum atomic E-state index is 12.0. The van der Waals surface area contributed by atoms with E-state index in [0.29, 0.717) is 31.2 Å². The highest BCUT2D eigenvalue weighted by Gasteiger charge is 2.18. The molecule has 0 saturated heterocycles. The lowest BCUT2D eigenvalue weighted by Gasteiger charge is -2.24. The Morgan fingerprint density at radius 1 is 1.23 bits per heavy atom. The first-order valence-electron chi connectivity index (χ1n) is 8.29. The van der Waals surface area contributed by atoms with Crippen molar-refractivity contribution in [2.75, 3.05) is 20.2 Å². The molecule has 0 aliphatic rings. The minimum atomic E-state index is -0.621. The number of hydrogen-bond donors (Lipinski definition) is 1. The molecule has 1 rings (SSSR count). The average Bonchev–Trinajstić information content (AvgIpc) is 2.64. The van der Waals surface area contributed by atoms with Crippen LogP contribution in [0.25, 0.3) is 0 Å². The zero-order chi connectivity index (χ0) is 19.4. The van der Waals surface area contributed by atoms with E-state index in [4.69, 9.17) is 9.57 Å². The minimum absolute atomic E-state index is 0.228. The molecule has 0 heterocycles. The molecular formula is C17H25N3O4S2. The van der Waals surface area contributed by atoms with Gasteiger partial charge in [0.25, 0.3) is 0 Å². The van der Waals surface area contributed by atoms with Crippen LogP contribution in [0.15, 0.2) is 35.5 Å².